The van der Waals surface area contributed by atoms with Crippen LogP contribution in [0.15, 0.2) is 29.6 Å². The fourth-order valence-electron chi connectivity index (χ4n) is 1.36. The Kier molecular flexibility index (Phi) is 4.54. The summed E-state index contributed by atoms with van der Waals surface area (Å²) in [5.41, 5.74) is 1.71. The van der Waals surface area contributed by atoms with Crippen LogP contribution in [0.25, 0.3) is 0 Å². The number of anilines is 2. The van der Waals surface area contributed by atoms with Crippen LogP contribution in [-0.4, -0.2) is 18.1 Å². The molecule has 4 nitrogen and oxygen atoms in total. The number of hydrogen-bond acceptors (Lipinski definition) is 5. The van der Waals surface area contributed by atoms with Gasteiger partial charge in [-0.1, -0.05) is 6.07 Å². The lowest BCUT2D eigenvalue weighted by Gasteiger charge is -2.02. The van der Waals surface area contributed by atoms with Gasteiger partial charge in [-0.25, -0.2) is 4.98 Å². The molecular formula is C12H11IN2O2S. The van der Waals surface area contributed by atoms with Crippen LogP contribution in [0.4, 0.5) is 10.8 Å². The minimum absolute atomic E-state index is 0.209. The first-order valence-corrected chi connectivity index (χ1v) is 7.17. The van der Waals surface area contributed by atoms with E-state index in [4.69, 9.17) is 0 Å². The van der Waals surface area contributed by atoms with Crippen LogP contribution in [0, 0.1) is 3.57 Å². The van der Waals surface area contributed by atoms with E-state index in [-0.39, 0.29) is 12.4 Å². The summed E-state index contributed by atoms with van der Waals surface area (Å²) in [5.74, 6) is -0.277. The van der Waals surface area contributed by atoms with Crippen molar-refractivity contribution in [2.75, 3.05) is 12.4 Å². The van der Waals surface area contributed by atoms with Crippen LogP contribution in [0.1, 0.15) is 5.69 Å². The van der Waals surface area contributed by atoms with Crippen molar-refractivity contribution in [3.63, 3.8) is 0 Å². The van der Waals surface area contributed by atoms with E-state index in [2.05, 4.69) is 37.6 Å². The van der Waals surface area contributed by atoms with E-state index in [9.17, 15) is 4.79 Å². The number of benzene rings is 1. The summed E-state index contributed by atoms with van der Waals surface area (Å²) in [7, 11) is 1.37. The number of hydrogen-bond donors (Lipinski definition) is 1. The van der Waals surface area contributed by atoms with Gasteiger partial charge < -0.3 is 10.1 Å². The van der Waals surface area contributed by atoms with Gasteiger partial charge in [0.25, 0.3) is 0 Å². The van der Waals surface area contributed by atoms with Crippen molar-refractivity contribution in [1.29, 1.82) is 0 Å². The van der Waals surface area contributed by atoms with Crippen molar-refractivity contribution in [1.82, 2.24) is 4.98 Å². The van der Waals surface area contributed by atoms with Crippen LogP contribution >= 0.6 is 33.9 Å². The van der Waals surface area contributed by atoms with Gasteiger partial charge in [-0.05, 0) is 40.8 Å². The summed E-state index contributed by atoms with van der Waals surface area (Å²) in [6.07, 6.45) is 0.209. The number of halogens is 1. The minimum atomic E-state index is -0.277. The van der Waals surface area contributed by atoms with E-state index in [0.29, 0.717) is 0 Å². The highest BCUT2D eigenvalue weighted by Gasteiger charge is 2.07. The summed E-state index contributed by atoms with van der Waals surface area (Å²) < 4.78 is 5.76. The first-order valence-electron chi connectivity index (χ1n) is 5.21. The number of carbonyl (C=O) groups excluding carboxylic acids is 1. The van der Waals surface area contributed by atoms with Crippen LogP contribution in [0.3, 0.4) is 0 Å². The number of nitrogens with one attached hydrogen (secondary N) is 1. The molecule has 6 heteroatoms. The summed E-state index contributed by atoms with van der Waals surface area (Å²) in [5, 5.41) is 5.84. The van der Waals surface area contributed by atoms with E-state index in [1.807, 2.05) is 29.6 Å². The number of carbonyl (C=O) groups is 1. The molecule has 0 atom stereocenters. The molecule has 18 heavy (non-hydrogen) atoms. The maximum atomic E-state index is 11.1. The largest absolute Gasteiger partial charge is 0.469 e. The summed E-state index contributed by atoms with van der Waals surface area (Å²) in [6, 6.07) is 8.01. The second-order valence-corrected chi connectivity index (χ2v) is 5.64. The number of ether oxygens (including phenoxy) is 1. The highest BCUT2D eigenvalue weighted by molar-refractivity contribution is 14.1. The summed E-state index contributed by atoms with van der Waals surface area (Å²) in [4.78, 5) is 15.4. The molecule has 0 fully saturated rings. The summed E-state index contributed by atoms with van der Waals surface area (Å²) >= 11 is 3.73. The first-order chi connectivity index (χ1) is 8.67. The number of esters is 1. The van der Waals surface area contributed by atoms with E-state index >= 15 is 0 Å². The molecule has 94 valence electrons. The molecule has 0 unspecified atom stereocenters. The highest BCUT2D eigenvalue weighted by Crippen LogP contribution is 2.22. The molecule has 2 rings (SSSR count). The maximum Gasteiger partial charge on any atom is 0.311 e. The van der Waals surface area contributed by atoms with E-state index < -0.39 is 0 Å². The second-order valence-electron chi connectivity index (χ2n) is 3.53. The number of methoxy groups -OCH3 is 1. The Balaban J connectivity index is 2.04. The second kappa shape index (κ2) is 6.14. The van der Waals surface area contributed by atoms with Gasteiger partial charge in [0.05, 0.1) is 19.2 Å². The zero-order valence-corrected chi connectivity index (χ0v) is 12.6. The lowest BCUT2D eigenvalue weighted by atomic mass is 10.3. The standard InChI is InChI=1S/C12H11IN2O2S/c1-17-11(16)6-10-7-18-12(15-10)14-9-4-2-3-8(13)5-9/h2-5,7H,6H2,1H3,(H,14,15). The molecule has 0 saturated carbocycles. The molecule has 0 radical (unpaired) electrons. The van der Waals surface area contributed by atoms with Gasteiger partial charge in [0.2, 0.25) is 0 Å². The molecule has 0 amide bonds. The van der Waals surface area contributed by atoms with Gasteiger partial charge >= 0.3 is 5.97 Å². The van der Waals surface area contributed by atoms with Crippen molar-refractivity contribution >= 4 is 50.7 Å². The SMILES string of the molecule is COC(=O)Cc1csc(Nc2cccc(I)c2)n1. The fraction of sp³-hybridized carbons (Fsp3) is 0.167. The minimum Gasteiger partial charge on any atom is -0.469 e. The zero-order chi connectivity index (χ0) is 13.0. The molecule has 0 aliphatic rings. The van der Waals surface area contributed by atoms with Crippen molar-refractivity contribution in [3.8, 4) is 0 Å². The maximum absolute atomic E-state index is 11.1. The van der Waals surface area contributed by atoms with Gasteiger partial charge in [-0.3, -0.25) is 4.79 Å². The Morgan fingerprint density at radius 1 is 1.56 bits per heavy atom. The summed E-state index contributed by atoms with van der Waals surface area (Å²) in [6.45, 7) is 0. The first kappa shape index (κ1) is 13.3. The van der Waals surface area contributed by atoms with E-state index in [0.717, 1.165) is 20.1 Å². The lowest BCUT2D eigenvalue weighted by molar-refractivity contribution is -0.139. The van der Waals surface area contributed by atoms with E-state index in [1.54, 1.807) is 0 Å². The average Bonchev–Trinajstić information content (AvgIpc) is 2.76. The molecule has 0 aliphatic heterocycles. The third-order valence-electron chi connectivity index (χ3n) is 2.18. The molecule has 0 aliphatic carbocycles. The van der Waals surface area contributed by atoms with Crippen LogP contribution in [-0.2, 0) is 16.0 Å². The van der Waals surface area contributed by atoms with Crippen molar-refractivity contribution in [2.24, 2.45) is 0 Å². The molecule has 2 aromatic rings. The van der Waals surface area contributed by atoms with Gasteiger partial charge in [0.15, 0.2) is 5.13 Å². The molecular weight excluding hydrogens is 363 g/mol. The van der Waals surface area contributed by atoms with Gasteiger partial charge in [0.1, 0.15) is 0 Å². The normalized spacial score (nSPS) is 10.1. The fourth-order valence-corrected chi connectivity index (χ4v) is 2.63. The number of nitrogens with zero attached hydrogens (tertiary/aromatic N) is 1. The van der Waals surface area contributed by atoms with Gasteiger partial charge in [-0.15, -0.1) is 11.3 Å². The third-order valence-corrected chi connectivity index (χ3v) is 3.66. The topological polar surface area (TPSA) is 51.2 Å². The molecule has 0 spiro atoms. The Morgan fingerprint density at radius 2 is 2.39 bits per heavy atom. The smallest absolute Gasteiger partial charge is 0.311 e. The number of rotatable bonds is 4. The van der Waals surface area contributed by atoms with Crippen molar-refractivity contribution in [2.45, 2.75) is 6.42 Å². The molecule has 1 aromatic heterocycles. The van der Waals surface area contributed by atoms with Crippen molar-refractivity contribution < 1.29 is 9.53 Å². The molecule has 1 heterocycles. The molecule has 0 saturated heterocycles. The predicted octanol–water partition coefficient (Wildman–Crippen LogP) is 3.21. The molecule has 1 aromatic carbocycles. The Labute approximate surface area is 123 Å². The van der Waals surface area contributed by atoms with Crippen LogP contribution < -0.4 is 5.32 Å². The number of aromatic nitrogens is 1. The Morgan fingerprint density at radius 3 is 3.11 bits per heavy atom. The lowest BCUT2D eigenvalue weighted by Crippen LogP contribution is -2.04. The Bertz CT molecular complexity index is 557. The van der Waals surface area contributed by atoms with Crippen LogP contribution in [0.2, 0.25) is 0 Å². The van der Waals surface area contributed by atoms with Crippen LogP contribution in [0.5, 0.6) is 0 Å². The van der Waals surface area contributed by atoms with E-state index in [1.165, 1.54) is 18.4 Å². The molecule has 0 bridgehead atoms. The highest BCUT2D eigenvalue weighted by atomic mass is 127. The predicted molar refractivity (Wildman–Crippen MR) is 80.3 cm³/mol. The quantitative estimate of drug-likeness (QED) is 0.660. The monoisotopic (exact) mass is 374 g/mol. The average molecular weight is 374 g/mol. The van der Waals surface area contributed by atoms with Gasteiger partial charge in [-0.2, -0.15) is 0 Å². The zero-order valence-electron chi connectivity index (χ0n) is 9.64. The Hall–Kier alpha value is -1.15. The van der Waals surface area contributed by atoms with Crippen molar-refractivity contribution in [3.05, 3.63) is 38.9 Å². The molecule has 1 N–H and O–H groups in total. The number of thiazole rings is 1. The third kappa shape index (κ3) is 3.67. The van der Waals surface area contributed by atoms with Gasteiger partial charge in [0, 0.05) is 14.6 Å².